The molecule has 118 valence electrons. The average molecular weight is 314 g/mol. The molecule has 1 aliphatic carbocycles. The fourth-order valence-electron chi connectivity index (χ4n) is 2.14. The predicted molar refractivity (Wildman–Crippen MR) is 82.3 cm³/mol. The third-order valence-electron chi connectivity index (χ3n) is 3.80. The third kappa shape index (κ3) is 5.05. The molecule has 1 aromatic rings. The zero-order valence-corrected chi connectivity index (χ0v) is 13.3. The lowest BCUT2D eigenvalue weighted by atomic mass is 10.1. The molecule has 2 N–H and O–H groups in total. The van der Waals surface area contributed by atoms with Crippen molar-refractivity contribution in [3.63, 3.8) is 0 Å². The average Bonchev–Trinajstić information content (AvgIpc) is 3.22. The Kier molecular flexibility index (Phi) is 5.35. The second kappa shape index (κ2) is 6.85. The molecule has 1 aliphatic rings. The Balaban J connectivity index is 1.80. The van der Waals surface area contributed by atoms with Crippen LogP contribution in [0.2, 0.25) is 0 Å². The lowest BCUT2D eigenvalue weighted by Crippen LogP contribution is -2.40. The molecule has 0 radical (unpaired) electrons. The minimum Gasteiger partial charge on any atom is -0.313 e. The number of hydrogen-bond acceptors (Lipinski definition) is 3. The van der Waals surface area contributed by atoms with Gasteiger partial charge in [-0.05, 0) is 56.4 Å². The van der Waals surface area contributed by atoms with E-state index in [1.807, 2.05) is 6.92 Å². The summed E-state index contributed by atoms with van der Waals surface area (Å²) in [5, 5.41) is 2.77. The summed E-state index contributed by atoms with van der Waals surface area (Å²) in [5.74, 6) is -0.267. The highest BCUT2D eigenvalue weighted by molar-refractivity contribution is 7.90. The Hall–Kier alpha value is -0.980. The molecule has 0 aromatic heterocycles. The van der Waals surface area contributed by atoms with Gasteiger partial charge in [0.05, 0.1) is 5.25 Å². The molecule has 0 heterocycles. The van der Waals surface area contributed by atoms with E-state index in [4.69, 9.17) is 0 Å². The SMILES string of the molecule is Cc1cc(F)ccc1CCNS(=O)(=O)C(C)CNC1CC1. The van der Waals surface area contributed by atoms with Crippen LogP contribution in [0, 0.1) is 12.7 Å². The molecule has 1 atom stereocenters. The largest absolute Gasteiger partial charge is 0.313 e. The second-order valence-corrected chi connectivity index (χ2v) is 7.94. The first-order valence-corrected chi connectivity index (χ1v) is 8.90. The van der Waals surface area contributed by atoms with Gasteiger partial charge >= 0.3 is 0 Å². The quantitative estimate of drug-likeness (QED) is 0.768. The number of aryl methyl sites for hydroxylation is 1. The zero-order valence-electron chi connectivity index (χ0n) is 12.5. The molecule has 1 fully saturated rings. The van der Waals surface area contributed by atoms with Crippen LogP contribution in [0.15, 0.2) is 18.2 Å². The monoisotopic (exact) mass is 314 g/mol. The number of nitrogens with one attached hydrogen (secondary N) is 2. The molecule has 2 rings (SSSR count). The molecule has 1 unspecified atom stereocenters. The molecule has 6 heteroatoms. The van der Waals surface area contributed by atoms with Crippen molar-refractivity contribution in [2.45, 2.75) is 44.4 Å². The first-order chi connectivity index (χ1) is 9.88. The molecule has 0 bridgehead atoms. The van der Waals surface area contributed by atoms with Crippen LogP contribution in [-0.4, -0.2) is 32.8 Å². The predicted octanol–water partition coefficient (Wildman–Crippen LogP) is 1.74. The Morgan fingerprint density at radius 3 is 2.71 bits per heavy atom. The van der Waals surface area contributed by atoms with E-state index >= 15 is 0 Å². The van der Waals surface area contributed by atoms with Gasteiger partial charge in [-0.3, -0.25) is 0 Å². The van der Waals surface area contributed by atoms with Crippen molar-refractivity contribution in [3.8, 4) is 0 Å². The Morgan fingerprint density at radius 1 is 1.38 bits per heavy atom. The van der Waals surface area contributed by atoms with Crippen molar-refractivity contribution < 1.29 is 12.8 Å². The van der Waals surface area contributed by atoms with E-state index in [1.165, 1.54) is 12.1 Å². The van der Waals surface area contributed by atoms with Crippen LogP contribution in [0.4, 0.5) is 4.39 Å². The van der Waals surface area contributed by atoms with Crippen molar-refractivity contribution in [3.05, 3.63) is 35.1 Å². The summed E-state index contributed by atoms with van der Waals surface area (Å²) >= 11 is 0. The van der Waals surface area contributed by atoms with E-state index in [2.05, 4.69) is 10.0 Å². The van der Waals surface area contributed by atoms with Gasteiger partial charge in [0.2, 0.25) is 10.0 Å². The molecule has 1 saturated carbocycles. The highest BCUT2D eigenvalue weighted by Crippen LogP contribution is 2.18. The number of halogens is 1. The van der Waals surface area contributed by atoms with Crippen LogP contribution in [0.25, 0.3) is 0 Å². The van der Waals surface area contributed by atoms with Gasteiger partial charge in [0.15, 0.2) is 0 Å². The molecule has 0 aliphatic heterocycles. The fourth-order valence-corrected chi connectivity index (χ4v) is 3.13. The molecule has 0 spiro atoms. The number of benzene rings is 1. The summed E-state index contributed by atoms with van der Waals surface area (Å²) in [5.41, 5.74) is 1.81. The van der Waals surface area contributed by atoms with E-state index in [-0.39, 0.29) is 5.82 Å². The number of hydrogen-bond donors (Lipinski definition) is 2. The second-order valence-electron chi connectivity index (χ2n) is 5.75. The van der Waals surface area contributed by atoms with Gasteiger partial charge in [-0.2, -0.15) is 0 Å². The molecule has 1 aromatic carbocycles. The summed E-state index contributed by atoms with van der Waals surface area (Å²) in [6.45, 7) is 4.36. The minimum absolute atomic E-state index is 0.267. The fraction of sp³-hybridized carbons (Fsp3) is 0.600. The smallest absolute Gasteiger partial charge is 0.215 e. The maximum Gasteiger partial charge on any atom is 0.215 e. The maximum atomic E-state index is 13.0. The summed E-state index contributed by atoms with van der Waals surface area (Å²) in [4.78, 5) is 0. The van der Waals surface area contributed by atoms with Crippen LogP contribution in [-0.2, 0) is 16.4 Å². The van der Waals surface area contributed by atoms with Gasteiger partial charge in [-0.15, -0.1) is 0 Å². The van der Waals surface area contributed by atoms with Crippen molar-refractivity contribution in [2.24, 2.45) is 0 Å². The molecule has 0 amide bonds. The van der Waals surface area contributed by atoms with Gasteiger partial charge in [-0.25, -0.2) is 17.5 Å². The van der Waals surface area contributed by atoms with Gasteiger partial charge < -0.3 is 5.32 Å². The summed E-state index contributed by atoms with van der Waals surface area (Å²) < 4.78 is 39.8. The van der Waals surface area contributed by atoms with Crippen LogP contribution < -0.4 is 10.0 Å². The topological polar surface area (TPSA) is 58.2 Å². The highest BCUT2D eigenvalue weighted by Gasteiger charge is 2.25. The van der Waals surface area contributed by atoms with Crippen molar-refractivity contribution in [1.82, 2.24) is 10.0 Å². The van der Waals surface area contributed by atoms with Gasteiger partial charge in [0, 0.05) is 19.1 Å². The Labute approximate surface area is 126 Å². The van der Waals surface area contributed by atoms with Crippen molar-refractivity contribution in [1.29, 1.82) is 0 Å². The summed E-state index contributed by atoms with van der Waals surface area (Å²) in [7, 11) is -3.31. The van der Waals surface area contributed by atoms with E-state index in [9.17, 15) is 12.8 Å². The van der Waals surface area contributed by atoms with Gasteiger partial charge in [0.1, 0.15) is 5.82 Å². The zero-order chi connectivity index (χ0) is 15.5. The Bertz CT molecular complexity index is 585. The Morgan fingerprint density at radius 2 is 2.10 bits per heavy atom. The summed E-state index contributed by atoms with van der Waals surface area (Å²) in [6.07, 6.45) is 2.85. The molecular weight excluding hydrogens is 291 g/mol. The first-order valence-electron chi connectivity index (χ1n) is 7.35. The van der Waals surface area contributed by atoms with Crippen molar-refractivity contribution >= 4 is 10.0 Å². The van der Waals surface area contributed by atoms with E-state index < -0.39 is 15.3 Å². The minimum atomic E-state index is -3.31. The lowest BCUT2D eigenvalue weighted by molar-refractivity contribution is 0.557. The lowest BCUT2D eigenvalue weighted by Gasteiger charge is -2.15. The highest BCUT2D eigenvalue weighted by atomic mass is 32.2. The standard InChI is InChI=1S/C15H23FN2O2S/c1-11-9-14(16)4-3-13(11)7-8-18-21(19,20)12(2)10-17-15-5-6-15/h3-4,9,12,15,17-18H,5-8,10H2,1-2H3. The van der Waals surface area contributed by atoms with E-state index in [0.29, 0.717) is 25.6 Å². The summed E-state index contributed by atoms with van der Waals surface area (Å²) in [6, 6.07) is 5.08. The molecular formula is C15H23FN2O2S. The number of sulfonamides is 1. The number of rotatable bonds is 8. The maximum absolute atomic E-state index is 13.0. The molecule has 0 saturated heterocycles. The van der Waals surface area contributed by atoms with Gasteiger partial charge in [-0.1, -0.05) is 6.07 Å². The molecule has 21 heavy (non-hydrogen) atoms. The molecule has 4 nitrogen and oxygen atoms in total. The van der Waals surface area contributed by atoms with Gasteiger partial charge in [0.25, 0.3) is 0 Å². The van der Waals surface area contributed by atoms with Crippen LogP contribution in [0.3, 0.4) is 0 Å². The normalized spacial score (nSPS) is 16.9. The van der Waals surface area contributed by atoms with E-state index in [1.54, 1.807) is 13.0 Å². The van der Waals surface area contributed by atoms with Crippen LogP contribution in [0.5, 0.6) is 0 Å². The van der Waals surface area contributed by atoms with Crippen LogP contribution in [0.1, 0.15) is 30.9 Å². The third-order valence-corrected chi connectivity index (χ3v) is 5.64. The first kappa shape index (κ1) is 16.4. The van der Waals surface area contributed by atoms with E-state index in [0.717, 1.165) is 24.0 Å². The van der Waals surface area contributed by atoms with Crippen molar-refractivity contribution in [2.75, 3.05) is 13.1 Å². The van der Waals surface area contributed by atoms with Crippen LogP contribution >= 0.6 is 0 Å².